The first-order valence-corrected chi connectivity index (χ1v) is 6.98. The Kier molecular flexibility index (Phi) is 3.93. The second kappa shape index (κ2) is 5.43. The summed E-state index contributed by atoms with van der Waals surface area (Å²) in [6.07, 6.45) is 0. The Bertz CT molecular complexity index is 454. The summed E-state index contributed by atoms with van der Waals surface area (Å²) in [5.74, 6) is 0. The van der Waals surface area contributed by atoms with Crippen LogP contribution in [0.3, 0.4) is 0 Å². The summed E-state index contributed by atoms with van der Waals surface area (Å²) in [6.45, 7) is 7.74. The lowest BCUT2D eigenvalue weighted by Crippen LogP contribution is -2.14. The van der Waals surface area contributed by atoms with Gasteiger partial charge in [-0.1, -0.05) is 18.2 Å². The predicted octanol–water partition coefficient (Wildman–Crippen LogP) is 4.14. The molecule has 1 nitrogen and oxygen atoms in total. The quantitative estimate of drug-likeness (QED) is 0.785. The first kappa shape index (κ1) is 11.6. The van der Waals surface area contributed by atoms with Gasteiger partial charge in [0.25, 0.3) is 0 Å². The van der Waals surface area contributed by atoms with E-state index in [9.17, 15) is 0 Å². The summed E-state index contributed by atoms with van der Waals surface area (Å²) >= 11 is 3.60. The maximum Gasteiger partial charge on any atom is 0.0351 e. The van der Waals surface area contributed by atoms with Crippen molar-refractivity contribution in [1.82, 2.24) is 5.32 Å². The molecule has 2 rings (SSSR count). The molecule has 84 valence electrons. The van der Waals surface area contributed by atoms with Gasteiger partial charge in [0.1, 0.15) is 0 Å². The molecule has 0 radical (unpaired) electrons. The lowest BCUT2D eigenvalue weighted by atomic mass is 10.2. The van der Waals surface area contributed by atoms with Crippen molar-refractivity contribution >= 4 is 22.7 Å². The van der Waals surface area contributed by atoms with Crippen molar-refractivity contribution < 1.29 is 0 Å². The van der Waals surface area contributed by atoms with Crippen LogP contribution in [-0.2, 0) is 6.54 Å². The van der Waals surface area contributed by atoms with E-state index in [1.165, 1.54) is 20.9 Å². The summed E-state index contributed by atoms with van der Waals surface area (Å²) in [7, 11) is 0. The molecule has 2 heterocycles. The molecule has 0 aliphatic rings. The third-order valence-electron chi connectivity index (χ3n) is 2.19. The zero-order valence-electron chi connectivity index (χ0n) is 9.32. The minimum atomic E-state index is 0.895. The highest BCUT2D eigenvalue weighted by Crippen LogP contribution is 2.29. The van der Waals surface area contributed by atoms with Crippen molar-refractivity contribution in [2.24, 2.45) is 0 Å². The number of hydrogen-bond donors (Lipinski definition) is 1. The Hall–Kier alpha value is -0.900. The van der Waals surface area contributed by atoms with Crippen LogP contribution < -0.4 is 5.32 Å². The zero-order valence-corrected chi connectivity index (χ0v) is 11.0. The van der Waals surface area contributed by atoms with Crippen molar-refractivity contribution in [3.63, 3.8) is 0 Å². The fraction of sp³-hybridized carbons (Fsp3) is 0.231. The normalized spacial score (nSPS) is 10.6. The number of rotatable bonds is 5. The van der Waals surface area contributed by atoms with Gasteiger partial charge in [-0.25, -0.2) is 0 Å². The molecule has 0 aliphatic heterocycles. The molecule has 1 N–H and O–H groups in total. The van der Waals surface area contributed by atoms with Crippen LogP contribution in [0.15, 0.2) is 41.1 Å². The van der Waals surface area contributed by atoms with Crippen molar-refractivity contribution in [3.05, 3.63) is 46.0 Å². The number of nitrogens with one attached hydrogen (secondary N) is 1. The Labute approximate surface area is 104 Å². The molecule has 0 bridgehead atoms. The van der Waals surface area contributed by atoms with Crippen LogP contribution in [-0.4, -0.2) is 6.54 Å². The van der Waals surface area contributed by atoms with E-state index in [0.717, 1.165) is 13.1 Å². The van der Waals surface area contributed by atoms with Crippen molar-refractivity contribution in [1.29, 1.82) is 0 Å². The van der Waals surface area contributed by atoms with E-state index in [0.29, 0.717) is 0 Å². The molecule has 0 unspecified atom stereocenters. The summed E-state index contributed by atoms with van der Waals surface area (Å²) in [5, 5.41) is 7.72. The van der Waals surface area contributed by atoms with Gasteiger partial charge in [-0.3, -0.25) is 0 Å². The average Bonchev–Trinajstić information content (AvgIpc) is 2.85. The van der Waals surface area contributed by atoms with Gasteiger partial charge in [0, 0.05) is 28.4 Å². The van der Waals surface area contributed by atoms with E-state index < -0.39 is 0 Å². The second-order valence-corrected chi connectivity index (χ2v) is 5.78. The third-order valence-corrected chi connectivity index (χ3v) is 4.04. The van der Waals surface area contributed by atoms with Crippen LogP contribution >= 0.6 is 22.7 Å². The minimum Gasteiger partial charge on any atom is -0.308 e. The van der Waals surface area contributed by atoms with Crippen LogP contribution in [0.4, 0.5) is 0 Å². The van der Waals surface area contributed by atoms with Crippen molar-refractivity contribution in [3.8, 4) is 10.4 Å². The Balaban J connectivity index is 1.95. The average molecular weight is 249 g/mol. The maximum absolute atomic E-state index is 3.87. The van der Waals surface area contributed by atoms with Gasteiger partial charge in [-0.2, -0.15) is 0 Å². The van der Waals surface area contributed by atoms with Gasteiger partial charge < -0.3 is 5.32 Å². The molecule has 16 heavy (non-hydrogen) atoms. The van der Waals surface area contributed by atoms with Crippen LogP contribution in [0.25, 0.3) is 10.4 Å². The van der Waals surface area contributed by atoms with Crippen LogP contribution in [0.2, 0.25) is 0 Å². The van der Waals surface area contributed by atoms with Gasteiger partial charge in [-0.05, 0) is 29.8 Å². The number of thiophene rings is 2. The predicted molar refractivity (Wildman–Crippen MR) is 74.2 cm³/mol. The summed E-state index contributed by atoms with van der Waals surface area (Å²) in [5.41, 5.74) is 2.52. The van der Waals surface area contributed by atoms with Gasteiger partial charge in [0.15, 0.2) is 0 Å². The fourth-order valence-corrected chi connectivity index (χ4v) is 3.09. The molecule has 0 aliphatic carbocycles. The minimum absolute atomic E-state index is 0.895. The van der Waals surface area contributed by atoms with Gasteiger partial charge in [0.05, 0.1) is 0 Å². The highest BCUT2D eigenvalue weighted by molar-refractivity contribution is 7.14. The maximum atomic E-state index is 3.87. The van der Waals surface area contributed by atoms with E-state index >= 15 is 0 Å². The SMILES string of the molecule is C=C(C)CNCc1cc(-c2cccs2)cs1. The molecule has 0 fully saturated rings. The molecule has 0 aromatic carbocycles. The highest BCUT2D eigenvalue weighted by Gasteiger charge is 2.02. The van der Waals surface area contributed by atoms with Gasteiger partial charge >= 0.3 is 0 Å². The monoisotopic (exact) mass is 249 g/mol. The van der Waals surface area contributed by atoms with Crippen molar-refractivity contribution in [2.75, 3.05) is 6.54 Å². The first-order valence-electron chi connectivity index (χ1n) is 5.22. The summed E-state index contributed by atoms with van der Waals surface area (Å²) in [6, 6.07) is 6.52. The molecule has 0 amide bonds. The molecule has 0 saturated carbocycles. The summed E-state index contributed by atoms with van der Waals surface area (Å²) in [4.78, 5) is 2.73. The smallest absolute Gasteiger partial charge is 0.0351 e. The Morgan fingerprint density at radius 2 is 2.31 bits per heavy atom. The lowest BCUT2D eigenvalue weighted by molar-refractivity contribution is 0.750. The van der Waals surface area contributed by atoms with E-state index in [1.807, 2.05) is 18.3 Å². The second-order valence-electron chi connectivity index (χ2n) is 3.84. The molecule has 3 heteroatoms. The van der Waals surface area contributed by atoms with Gasteiger partial charge in [-0.15, -0.1) is 22.7 Å². The zero-order chi connectivity index (χ0) is 11.4. The third kappa shape index (κ3) is 3.04. The molecular weight excluding hydrogens is 234 g/mol. The standard InChI is InChI=1S/C13H15NS2/c1-10(2)7-14-8-12-6-11(9-16-12)13-4-3-5-15-13/h3-6,9,14H,1,7-8H2,2H3. The Morgan fingerprint density at radius 3 is 3.00 bits per heavy atom. The van der Waals surface area contributed by atoms with E-state index in [2.05, 4.69) is 40.9 Å². The molecule has 0 saturated heterocycles. The van der Waals surface area contributed by atoms with Crippen molar-refractivity contribution in [2.45, 2.75) is 13.5 Å². The first-order chi connectivity index (χ1) is 7.75. The molecule has 0 atom stereocenters. The number of hydrogen-bond acceptors (Lipinski definition) is 3. The van der Waals surface area contributed by atoms with Crippen LogP contribution in [0.5, 0.6) is 0 Å². The summed E-state index contributed by atoms with van der Waals surface area (Å²) < 4.78 is 0. The van der Waals surface area contributed by atoms with E-state index in [-0.39, 0.29) is 0 Å². The molecule has 0 spiro atoms. The van der Waals surface area contributed by atoms with Gasteiger partial charge in [0.2, 0.25) is 0 Å². The van der Waals surface area contributed by atoms with E-state index in [1.54, 1.807) is 11.3 Å². The van der Waals surface area contributed by atoms with Crippen LogP contribution in [0, 0.1) is 0 Å². The largest absolute Gasteiger partial charge is 0.308 e. The lowest BCUT2D eigenvalue weighted by Gasteiger charge is -2.00. The van der Waals surface area contributed by atoms with E-state index in [4.69, 9.17) is 0 Å². The van der Waals surface area contributed by atoms with Crippen LogP contribution in [0.1, 0.15) is 11.8 Å². The molecule has 2 aromatic heterocycles. The Morgan fingerprint density at radius 1 is 1.44 bits per heavy atom. The molecule has 2 aromatic rings. The highest BCUT2D eigenvalue weighted by atomic mass is 32.1. The topological polar surface area (TPSA) is 12.0 Å². The molecular formula is C13H15NS2. The fourth-order valence-electron chi connectivity index (χ4n) is 1.44.